The molecule has 4 heterocycles. The van der Waals surface area contributed by atoms with Crippen molar-refractivity contribution in [2.45, 2.75) is 142 Å². The van der Waals surface area contributed by atoms with Crippen molar-refractivity contribution in [3.05, 3.63) is 329 Å². The van der Waals surface area contributed by atoms with Crippen LogP contribution in [0.2, 0.25) is 0 Å². The summed E-state index contributed by atoms with van der Waals surface area (Å²) in [6.07, 6.45) is 8.82. The first-order chi connectivity index (χ1) is 65.6. The first kappa shape index (κ1) is 98.0. The van der Waals surface area contributed by atoms with Crippen molar-refractivity contribution >= 4 is 67.2 Å². The molecule has 4 aromatic heterocycles. The molecule has 21 nitrogen and oxygen atoms in total. The molecule has 0 radical (unpaired) electrons. The fourth-order valence-corrected chi connectivity index (χ4v) is 17.0. The van der Waals surface area contributed by atoms with Crippen molar-refractivity contribution in [2.75, 3.05) is 39.3 Å². The molecule has 0 aliphatic heterocycles. The van der Waals surface area contributed by atoms with Crippen LogP contribution in [0, 0.1) is 52.2 Å². The lowest BCUT2D eigenvalue weighted by Crippen LogP contribution is -2.38. The largest absolute Gasteiger partial charge is 0.508 e. The number of hydrogen-bond donors (Lipinski definition) is 17. The fourth-order valence-electron chi connectivity index (χ4n) is 17.0. The number of hydrogen-bond acceptors (Lipinski definition) is 13. The Morgan fingerprint density at radius 3 is 0.794 bits per heavy atom. The van der Waals surface area contributed by atoms with Gasteiger partial charge in [0.15, 0.2) is 0 Å². The van der Waals surface area contributed by atoms with E-state index in [0.717, 1.165) is 184 Å². The number of aryl methyl sites for hydroxylation is 5. The number of fused-ring (bicyclic) bond motifs is 4. The number of H-pyrrole nitrogens is 4. The second kappa shape index (κ2) is 45.8. The highest BCUT2D eigenvalue weighted by molar-refractivity contribution is 6.14. The second-order valence-electron chi connectivity index (χ2n) is 36.3. The number of aromatic amines is 4. The average molecular weight is 1830 g/mol. The Labute approximate surface area is 793 Å². The van der Waals surface area contributed by atoms with Crippen LogP contribution in [0.25, 0.3) is 133 Å². The fraction of sp³-hybridized carbons (Fsp3) is 0.257. The predicted octanol–water partition coefficient (Wildman–Crippen LogP) is 19.9. The highest BCUT2D eigenvalue weighted by atomic mass is 19.1. The van der Waals surface area contributed by atoms with Gasteiger partial charge >= 0.3 is 0 Å². The number of nitrogens with one attached hydrogen (secondary N) is 8. The number of aromatic hydroxyl groups is 1. The van der Waals surface area contributed by atoms with Crippen LogP contribution in [0.15, 0.2) is 267 Å². The Morgan fingerprint density at radius 2 is 0.544 bits per heavy atom. The van der Waals surface area contributed by atoms with Crippen LogP contribution in [-0.2, 0) is 0 Å². The summed E-state index contributed by atoms with van der Waals surface area (Å²) < 4.78 is 27.3. The number of phenols is 1. The number of carbonyl (C=O) groups excluding carboxylic acids is 4. The summed E-state index contributed by atoms with van der Waals surface area (Å²) in [6, 6.07) is 85.4. The number of rotatable bonds is 33. The van der Waals surface area contributed by atoms with Gasteiger partial charge in [-0.05, 0) is 252 Å². The standard InChI is InChI=1S/C30H33FN4O.C28H31FN4O.C28H32N4O.C27H30N4O2/c1-18-2-4-19(5-3-18)22-10-14-25-27(16-22)35-29(28(25)21-8-11-23(31)12-9-21)30(36)34-17-24(32)13-15-26(33)20-6-7-20;1-17-3-6-19(7-4-17)21-10-14-24-25(15-21)33-27(26(24)20-8-11-22(29)12-9-20)28(34)32-16-23(31)13-5-18(2)30;1-18-5-9-20(10-6-18)22-13-14-24-25(16-22)32-27(26(24)21-11-7-19(2)8-12-21)28(33)31-17-23(30)4-3-15-29;1-17-4-6-18(7-5-17)20-10-13-23-24(15-20)31-26(25(23)19-8-11-22(32)12-9-19)27(33)30-16-21(29)3-2-14-28/h2-5,8-12,14,16,20,24,26,35H,6-7,13,15,17,32-33H2,1H3,(H,34,36);3-4,6-12,14-15,18,23,33H,5,13,16,30-31H2,1-2H3,(H,32,34);5-14,16,23,32H,3-4,15,17,29-30H2,1-2H3,(H,31,33);4-13,15,21,31-32H,2-3,14,16,28-29H2,1H3,(H,30,33)/t24-,26?;18?,23-;23-;21-/m0000/s1. The molecule has 1 aliphatic carbocycles. The maximum absolute atomic E-state index is 13.7. The molecular weight excluding hydrogens is 1700 g/mol. The van der Waals surface area contributed by atoms with Crippen molar-refractivity contribution in [3.8, 4) is 94.8 Å². The van der Waals surface area contributed by atoms with Gasteiger partial charge in [0, 0.05) is 128 Å². The van der Waals surface area contributed by atoms with Crippen molar-refractivity contribution in [1.82, 2.24) is 41.2 Å². The van der Waals surface area contributed by atoms with Crippen LogP contribution in [-0.4, -0.2) is 124 Å². The van der Waals surface area contributed by atoms with Crippen molar-refractivity contribution < 1.29 is 33.1 Å². The van der Waals surface area contributed by atoms with Gasteiger partial charge in [-0.3, -0.25) is 19.2 Å². The second-order valence-corrected chi connectivity index (χ2v) is 36.3. The Bertz CT molecular complexity index is 6550. The smallest absolute Gasteiger partial charge is 0.268 e. The van der Waals surface area contributed by atoms with Gasteiger partial charge in [0.1, 0.15) is 40.2 Å². The summed E-state index contributed by atoms with van der Waals surface area (Å²) in [5.41, 5.74) is 74.6. The zero-order valence-electron chi connectivity index (χ0n) is 78.2. The molecule has 702 valence electrons. The molecule has 12 aromatic carbocycles. The van der Waals surface area contributed by atoms with E-state index in [0.29, 0.717) is 68.0 Å². The molecule has 1 saturated carbocycles. The molecule has 17 rings (SSSR count). The minimum atomic E-state index is -0.323. The van der Waals surface area contributed by atoms with Gasteiger partial charge in [-0.1, -0.05) is 234 Å². The molecule has 1 aliphatic rings. The molecule has 16 aromatic rings. The van der Waals surface area contributed by atoms with E-state index in [-0.39, 0.29) is 77.3 Å². The van der Waals surface area contributed by atoms with Gasteiger partial charge in [-0.2, -0.15) is 0 Å². The van der Waals surface area contributed by atoms with E-state index in [4.69, 9.17) is 45.9 Å². The van der Waals surface area contributed by atoms with Crippen LogP contribution in [0.5, 0.6) is 5.75 Å². The number of benzene rings is 12. The lowest BCUT2D eigenvalue weighted by molar-refractivity contribution is 0.0939. The molecule has 23 heteroatoms. The number of phenolic OH excluding ortho intramolecular Hbond substituents is 1. The summed E-state index contributed by atoms with van der Waals surface area (Å²) >= 11 is 0. The Hall–Kier alpha value is -14.0. The van der Waals surface area contributed by atoms with E-state index >= 15 is 0 Å². The SMILES string of the molecule is Cc1ccc(-c2ccc3c(-c4ccc(C)cc4)c(C(=O)NC[C@@H](N)CCCN)[nH]c3c2)cc1.Cc1ccc(-c2ccc3c(-c4ccc(F)cc4)c(C(=O)NC[C@@H](N)CCC(C)N)[nH]c3c2)cc1.Cc1ccc(-c2ccc3c(-c4ccc(F)cc4)c(C(=O)NC[C@@H](N)CCC(N)C4CC4)[nH]c3c2)cc1.Cc1ccc(-c2ccc3c(-c4ccc(O)cc4)c(C(=O)NC[C@@H](N)CCCN)[nH]c3c2)cc1. The van der Waals surface area contributed by atoms with Gasteiger partial charge in [-0.25, -0.2) is 8.78 Å². The van der Waals surface area contributed by atoms with Gasteiger partial charge in [0.05, 0.1) is 0 Å². The number of aromatic nitrogens is 4. The van der Waals surface area contributed by atoms with E-state index < -0.39 is 0 Å². The zero-order valence-corrected chi connectivity index (χ0v) is 78.2. The van der Waals surface area contributed by atoms with E-state index in [1.807, 2.05) is 49.4 Å². The topological polar surface area (TPSA) is 408 Å². The molecule has 1 fully saturated rings. The van der Waals surface area contributed by atoms with Crippen LogP contribution in [0.4, 0.5) is 8.78 Å². The Morgan fingerprint density at radius 1 is 0.316 bits per heavy atom. The molecule has 0 saturated heterocycles. The first-order valence-corrected chi connectivity index (χ1v) is 47.0. The molecule has 6 atom stereocenters. The van der Waals surface area contributed by atoms with E-state index in [9.17, 15) is 33.1 Å². The third kappa shape index (κ3) is 25.3. The van der Waals surface area contributed by atoms with Gasteiger partial charge in [0.2, 0.25) is 0 Å². The summed E-state index contributed by atoms with van der Waals surface area (Å²) in [7, 11) is 0. The Kier molecular flexibility index (Phi) is 33.0. The van der Waals surface area contributed by atoms with Crippen molar-refractivity contribution in [3.63, 3.8) is 0 Å². The van der Waals surface area contributed by atoms with Crippen molar-refractivity contribution in [2.24, 2.45) is 51.8 Å². The maximum Gasteiger partial charge on any atom is 0.268 e. The summed E-state index contributed by atoms with van der Waals surface area (Å²) in [4.78, 5) is 66.3. The maximum atomic E-state index is 13.7. The number of nitrogens with two attached hydrogens (primary N) is 8. The quantitative estimate of drug-likeness (QED) is 0.0182. The summed E-state index contributed by atoms with van der Waals surface area (Å²) in [5, 5.41) is 25.4. The Balaban J connectivity index is 0.000000145. The molecule has 4 amide bonds. The van der Waals surface area contributed by atoms with Gasteiger partial charge < -0.3 is 92.2 Å². The molecule has 136 heavy (non-hydrogen) atoms. The van der Waals surface area contributed by atoms with Gasteiger partial charge in [0.25, 0.3) is 23.6 Å². The molecule has 0 spiro atoms. The summed E-state index contributed by atoms with van der Waals surface area (Å²) in [5.74, 6) is -0.666. The van der Waals surface area contributed by atoms with Crippen LogP contribution in [0.1, 0.15) is 141 Å². The number of amides is 4. The monoisotopic (exact) mass is 1830 g/mol. The normalized spacial score (nSPS) is 13.1. The molecule has 0 bridgehead atoms. The molecule has 25 N–H and O–H groups in total. The van der Waals surface area contributed by atoms with E-state index in [1.165, 1.54) is 64.9 Å². The average Bonchev–Trinajstić information content (AvgIpc) is 1.63. The van der Waals surface area contributed by atoms with Gasteiger partial charge in [-0.15, -0.1) is 0 Å². The van der Waals surface area contributed by atoms with E-state index in [1.54, 1.807) is 36.4 Å². The lowest BCUT2D eigenvalue weighted by Gasteiger charge is -2.16. The van der Waals surface area contributed by atoms with Crippen LogP contribution in [0.3, 0.4) is 0 Å². The predicted molar refractivity (Wildman–Crippen MR) is 553 cm³/mol. The molecule has 2 unspecified atom stereocenters. The number of carbonyl (C=O) groups is 4. The van der Waals surface area contributed by atoms with Crippen molar-refractivity contribution in [1.29, 1.82) is 0 Å². The lowest BCUT2D eigenvalue weighted by atomic mass is 9.98. The van der Waals surface area contributed by atoms with E-state index in [2.05, 4.69) is 240 Å². The number of halogens is 2. The third-order valence-corrected chi connectivity index (χ3v) is 25.2. The third-order valence-electron chi connectivity index (χ3n) is 25.2. The zero-order chi connectivity index (χ0) is 96.2. The van der Waals surface area contributed by atoms with Crippen LogP contribution >= 0.6 is 0 Å². The minimum absolute atomic E-state index is 0.0725. The highest BCUT2D eigenvalue weighted by Crippen LogP contribution is 2.42. The van der Waals surface area contributed by atoms with Crippen LogP contribution < -0.4 is 67.1 Å². The highest BCUT2D eigenvalue weighted by Gasteiger charge is 2.30. The minimum Gasteiger partial charge on any atom is -0.508 e. The first-order valence-electron chi connectivity index (χ1n) is 47.0. The molecular formula is C113H126F2N16O5. The summed E-state index contributed by atoms with van der Waals surface area (Å²) in [6.45, 7) is 14.9.